The van der Waals surface area contributed by atoms with Crippen LogP contribution in [0.1, 0.15) is 20.8 Å². The summed E-state index contributed by atoms with van der Waals surface area (Å²) in [6.45, 7) is 4.00. The Kier molecular flexibility index (Phi) is 7.16. The van der Waals surface area contributed by atoms with Gasteiger partial charge in [0.05, 0.1) is 13.7 Å². The molecule has 0 spiro atoms. The molecule has 0 radical (unpaired) electrons. The maximum atomic E-state index is 11.6. The Hall–Kier alpha value is -2.12. The van der Waals surface area contributed by atoms with Gasteiger partial charge in [-0.15, -0.1) is 0 Å². The summed E-state index contributed by atoms with van der Waals surface area (Å²) in [6, 6.07) is -1.62. The van der Waals surface area contributed by atoms with Gasteiger partial charge in [0.2, 0.25) is 17.7 Å². The molecule has 19 heavy (non-hydrogen) atoms. The molecule has 0 bridgehead atoms. The van der Waals surface area contributed by atoms with E-state index < -0.39 is 29.9 Å². The number of carbonyl (C=O) groups excluding carboxylic acids is 4. The van der Waals surface area contributed by atoms with Crippen molar-refractivity contribution in [2.75, 3.05) is 13.7 Å². The standard InChI is InChI=1S/C11H19N3O5/c1-6(13-9(16)5-12-8(3)15)10(17)14-7(2)11(18)19-4/h6-7H,5H2,1-4H3,(H,12,15)(H,13,16)(H,14,17)/t6-,7+/m1/s1. The van der Waals surface area contributed by atoms with E-state index in [1.165, 1.54) is 27.9 Å². The Morgan fingerprint density at radius 3 is 2.11 bits per heavy atom. The van der Waals surface area contributed by atoms with Crippen molar-refractivity contribution in [3.05, 3.63) is 0 Å². The number of ether oxygens (including phenoxy) is 1. The Balaban J connectivity index is 4.16. The third-order valence-corrected chi connectivity index (χ3v) is 2.18. The van der Waals surface area contributed by atoms with Crippen LogP contribution in [0.2, 0.25) is 0 Å². The summed E-state index contributed by atoms with van der Waals surface area (Å²) in [6.07, 6.45) is 0. The molecule has 0 aromatic carbocycles. The molecule has 3 amide bonds. The lowest BCUT2D eigenvalue weighted by Gasteiger charge is -2.17. The third-order valence-electron chi connectivity index (χ3n) is 2.18. The van der Waals surface area contributed by atoms with Crippen molar-refractivity contribution in [2.45, 2.75) is 32.9 Å². The Bertz CT molecular complexity index is 369. The minimum Gasteiger partial charge on any atom is -0.467 e. The van der Waals surface area contributed by atoms with E-state index in [2.05, 4.69) is 20.7 Å². The van der Waals surface area contributed by atoms with E-state index in [1.807, 2.05) is 0 Å². The molecular formula is C11H19N3O5. The normalized spacial score (nSPS) is 12.8. The molecule has 0 saturated heterocycles. The van der Waals surface area contributed by atoms with Crippen LogP contribution in [0, 0.1) is 0 Å². The molecular weight excluding hydrogens is 254 g/mol. The van der Waals surface area contributed by atoms with Gasteiger partial charge in [-0.2, -0.15) is 0 Å². The molecule has 2 atom stereocenters. The van der Waals surface area contributed by atoms with Crippen LogP contribution in [0.4, 0.5) is 0 Å². The molecule has 0 heterocycles. The van der Waals surface area contributed by atoms with Gasteiger partial charge in [-0.3, -0.25) is 14.4 Å². The fraction of sp³-hybridized carbons (Fsp3) is 0.636. The summed E-state index contributed by atoms with van der Waals surface area (Å²) in [4.78, 5) is 44.7. The molecule has 0 aliphatic rings. The molecule has 0 aromatic heterocycles. The van der Waals surface area contributed by atoms with Crippen molar-refractivity contribution >= 4 is 23.7 Å². The van der Waals surface area contributed by atoms with E-state index in [0.717, 1.165) is 0 Å². The van der Waals surface area contributed by atoms with E-state index in [1.54, 1.807) is 0 Å². The van der Waals surface area contributed by atoms with Gasteiger partial charge < -0.3 is 20.7 Å². The highest BCUT2D eigenvalue weighted by Crippen LogP contribution is 1.89. The second kappa shape index (κ2) is 8.06. The number of carbonyl (C=O) groups is 4. The monoisotopic (exact) mass is 273 g/mol. The highest BCUT2D eigenvalue weighted by molar-refractivity contribution is 5.91. The van der Waals surface area contributed by atoms with Crippen molar-refractivity contribution in [1.29, 1.82) is 0 Å². The molecule has 0 saturated carbocycles. The van der Waals surface area contributed by atoms with E-state index >= 15 is 0 Å². The van der Waals surface area contributed by atoms with E-state index in [-0.39, 0.29) is 12.5 Å². The number of methoxy groups -OCH3 is 1. The first kappa shape index (κ1) is 16.9. The maximum Gasteiger partial charge on any atom is 0.328 e. The Morgan fingerprint density at radius 1 is 1.05 bits per heavy atom. The van der Waals surface area contributed by atoms with Crippen LogP contribution in [0.3, 0.4) is 0 Å². The number of hydrogen-bond acceptors (Lipinski definition) is 5. The fourth-order valence-corrected chi connectivity index (χ4v) is 1.14. The minimum absolute atomic E-state index is 0.209. The third kappa shape index (κ3) is 7.02. The van der Waals surface area contributed by atoms with E-state index in [0.29, 0.717) is 0 Å². The molecule has 0 aliphatic carbocycles. The number of esters is 1. The van der Waals surface area contributed by atoms with Crippen LogP contribution in [-0.4, -0.2) is 49.4 Å². The lowest BCUT2D eigenvalue weighted by atomic mass is 10.2. The number of amides is 3. The minimum atomic E-state index is -0.826. The largest absolute Gasteiger partial charge is 0.467 e. The SMILES string of the molecule is COC(=O)[C@H](C)NC(=O)[C@@H](C)NC(=O)CNC(C)=O. The van der Waals surface area contributed by atoms with Crippen molar-refractivity contribution in [1.82, 2.24) is 16.0 Å². The molecule has 108 valence electrons. The van der Waals surface area contributed by atoms with Gasteiger partial charge in [0.15, 0.2) is 0 Å². The summed E-state index contributed by atoms with van der Waals surface area (Å²) in [5, 5.41) is 7.07. The van der Waals surface area contributed by atoms with Crippen LogP contribution in [0.15, 0.2) is 0 Å². The molecule has 8 nitrogen and oxygen atoms in total. The van der Waals surface area contributed by atoms with Crippen molar-refractivity contribution in [2.24, 2.45) is 0 Å². The molecule has 0 aliphatic heterocycles. The lowest BCUT2D eigenvalue weighted by molar-refractivity contribution is -0.144. The van der Waals surface area contributed by atoms with Crippen LogP contribution >= 0.6 is 0 Å². The van der Waals surface area contributed by atoms with Gasteiger partial charge in [0, 0.05) is 6.92 Å². The Morgan fingerprint density at radius 2 is 1.63 bits per heavy atom. The van der Waals surface area contributed by atoms with Crippen molar-refractivity contribution < 1.29 is 23.9 Å². The van der Waals surface area contributed by atoms with Gasteiger partial charge in [-0.1, -0.05) is 0 Å². The summed E-state index contributed by atoms with van der Waals surface area (Å²) in [7, 11) is 1.21. The first-order valence-corrected chi connectivity index (χ1v) is 5.70. The highest BCUT2D eigenvalue weighted by Gasteiger charge is 2.21. The second-order valence-electron chi connectivity index (χ2n) is 3.95. The van der Waals surface area contributed by atoms with Crippen molar-refractivity contribution in [3.8, 4) is 0 Å². The highest BCUT2D eigenvalue weighted by atomic mass is 16.5. The second-order valence-corrected chi connectivity index (χ2v) is 3.95. The number of nitrogens with one attached hydrogen (secondary N) is 3. The van der Waals surface area contributed by atoms with Crippen LogP contribution in [0.5, 0.6) is 0 Å². The van der Waals surface area contributed by atoms with Crippen LogP contribution in [0.25, 0.3) is 0 Å². The molecule has 0 fully saturated rings. The first-order chi connectivity index (χ1) is 8.77. The van der Waals surface area contributed by atoms with E-state index in [9.17, 15) is 19.2 Å². The summed E-state index contributed by atoms with van der Waals surface area (Å²) < 4.78 is 4.45. The van der Waals surface area contributed by atoms with Crippen LogP contribution < -0.4 is 16.0 Å². The first-order valence-electron chi connectivity index (χ1n) is 5.70. The van der Waals surface area contributed by atoms with Gasteiger partial charge in [-0.05, 0) is 13.8 Å². The summed E-state index contributed by atoms with van der Waals surface area (Å²) in [5.74, 6) is -1.94. The lowest BCUT2D eigenvalue weighted by Crippen LogP contribution is -2.51. The summed E-state index contributed by atoms with van der Waals surface area (Å²) >= 11 is 0. The fourth-order valence-electron chi connectivity index (χ4n) is 1.14. The smallest absolute Gasteiger partial charge is 0.328 e. The average molecular weight is 273 g/mol. The van der Waals surface area contributed by atoms with Crippen LogP contribution in [-0.2, 0) is 23.9 Å². The zero-order valence-corrected chi connectivity index (χ0v) is 11.4. The quantitative estimate of drug-likeness (QED) is 0.499. The zero-order valence-electron chi connectivity index (χ0n) is 11.4. The average Bonchev–Trinajstić information content (AvgIpc) is 2.34. The molecule has 8 heteroatoms. The van der Waals surface area contributed by atoms with Gasteiger partial charge in [0.25, 0.3) is 0 Å². The molecule has 0 aromatic rings. The predicted molar refractivity (Wildman–Crippen MR) is 65.9 cm³/mol. The maximum absolute atomic E-state index is 11.6. The predicted octanol–water partition coefficient (Wildman–Crippen LogP) is -1.70. The van der Waals surface area contributed by atoms with Gasteiger partial charge >= 0.3 is 5.97 Å². The summed E-state index contributed by atoms with van der Waals surface area (Å²) in [5.41, 5.74) is 0. The van der Waals surface area contributed by atoms with Gasteiger partial charge in [0.1, 0.15) is 12.1 Å². The Labute approximate surface area is 111 Å². The molecule has 3 N–H and O–H groups in total. The van der Waals surface area contributed by atoms with E-state index in [4.69, 9.17) is 0 Å². The van der Waals surface area contributed by atoms with Crippen molar-refractivity contribution in [3.63, 3.8) is 0 Å². The zero-order chi connectivity index (χ0) is 15.0. The molecule has 0 unspecified atom stereocenters. The topological polar surface area (TPSA) is 114 Å². The number of hydrogen-bond donors (Lipinski definition) is 3. The molecule has 0 rings (SSSR count). The number of rotatable bonds is 6. The van der Waals surface area contributed by atoms with Gasteiger partial charge in [-0.25, -0.2) is 4.79 Å².